The first-order valence-corrected chi connectivity index (χ1v) is 12.4. The fourth-order valence-corrected chi connectivity index (χ4v) is 4.29. The van der Waals surface area contributed by atoms with Gasteiger partial charge < -0.3 is 0 Å². The first kappa shape index (κ1) is 17.6. The summed E-state index contributed by atoms with van der Waals surface area (Å²) in [7, 11) is -1.32. The summed E-state index contributed by atoms with van der Waals surface area (Å²) < 4.78 is 0. The Hall–Kier alpha value is -2.19. The van der Waals surface area contributed by atoms with E-state index in [-0.39, 0.29) is 5.41 Å². The number of hydrogen-bond acceptors (Lipinski definition) is 1. The molecule has 0 amide bonds. The van der Waals surface area contributed by atoms with Gasteiger partial charge in [0.2, 0.25) is 0 Å². The van der Waals surface area contributed by atoms with Gasteiger partial charge in [-0.05, 0) is 22.4 Å². The van der Waals surface area contributed by atoms with Gasteiger partial charge >= 0.3 is 0 Å². The quantitative estimate of drug-likeness (QED) is 0.559. The summed E-state index contributed by atoms with van der Waals surface area (Å²) in [4.78, 5) is 4.82. The van der Waals surface area contributed by atoms with Gasteiger partial charge in [0.1, 0.15) is 0 Å². The minimum atomic E-state index is -1.32. The summed E-state index contributed by atoms with van der Waals surface area (Å²) in [5, 5.41) is 1.40. The molecular weight excluding hydrogens is 318 g/mol. The molecule has 0 aliphatic carbocycles. The topological polar surface area (TPSA) is 12.9 Å². The molecule has 0 unspecified atom stereocenters. The summed E-state index contributed by atoms with van der Waals surface area (Å²) in [5.74, 6) is 0. The Kier molecular flexibility index (Phi) is 4.66. The van der Waals surface area contributed by atoms with Crippen LogP contribution in [0.15, 0.2) is 72.9 Å². The fourth-order valence-electron chi connectivity index (χ4n) is 3.26. The fraction of sp³-hybridized carbons (Fsp3) is 0.261. The lowest BCUT2D eigenvalue weighted by molar-refractivity contribution is 0.642. The molecule has 1 heterocycles. The van der Waals surface area contributed by atoms with Crippen molar-refractivity contribution in [1.82, 2.24) is 4.98 Å². The largest absolute Gasteiger partial charge is 0.256 e. The van der Waals surface area contributed by atoms with Gasteiger partial charge in [-0.3, -0.25) is 4.98 Å². The summed E-state index contributed by atoms with van der Waals surface area (Å²) >= 11 is 0. The molecule has 0 aliphatic rings. The van der Waals surface area contributed by atoms with Crippen molar-refractivity contribution >= 4 is 13.3 Å². The first-order chi connectivity index (χ1) is 11.8. The highest BCUT2D eigenvalue weighted by Gasteiger charge is 2.26. The maximum Gasteiger partial charge on any atom is 0.0796 e. The molecule has 0 spiro atoms. The van der Waals surface area contributed by atoms with Crippen LogP contribution < -0.4 is 5.19 Å². The van der Waals surface area contributed by atoms with Crippen LogP contribution in [0, 0.1) is 0 Å². The maximum atomic E-state index is 4.82. The molecule has 0 bridgehead atoms. The van der Waals surface area contributed by atoms with E-state index >= 15 is 0 Å². The normalized spacial score (nSPS) is 12.2. The van der Waals surface area contributed by atoms with Crippen molar-refractivity contribution < 1.29 is 0 Å². The van der Waals surface area contributed by atoms with Gasteiger partial charge in [-0.25, -0.2) is 0 Å². The van der Waals surface area contributed by atoms with E-state index in [0.717, 1.165) is 5.69 Å². The second-order valence-corrected chi connectivity index (χ2v) is 13.3. The van der Waals surface area contributed by atoms with Crippen molar-refractivity contribution in [3.63, 3.8) is 0 Å². The number of rotatable bonds is 4. The molecule has 0 N–H and O–H groups in total. The van der Waals surface area contributed by atoms with Gasteiger partial charge in [0.05, 0.1) is 13.8 Å². The van der Waals surface area contributed by atoms with Crippen LogP contribution in [-0.4, -0.2) is 13.1 Å². The highest BCUT2D eigenvalue weighted by atomic mass is 28.3. The van der Waals surface area contributed by atoms with E-state index in [4.69, 9.17) is 4.98 Å². The van der Waals surface area contributed by atoms with Gasteiger partial charge in [-0.15, -0.1) is 0 Å². The van der Waals surface area contributed by atoms with Gasteiger partial charge in [0, 0.05) is 17.2 Å². The third-order valence-electron chi connectivity index (χ3n) is 5.00. The average Bonchev–Trinajstić information content (AvgIpc) is 2.62. The second kappa shape index (κ2) is 6.60. The smallest absolute Gasteiger partial charge is 0.0796 e. The molecule has 1 aromatic heterocycles. The van der Waals surface area contributed by atoms with Gasteiger partial charge in [-0.2, -0.15) is 0 Å². The van der Waals surface area contributed by atoms with Crippen molar-refractivity contribution in [2.24, 2.45) is 0 Å². The monoisotopic (exact) mass is 345 g/mol. The first-order valence-electron chi connectivity index (χ1n) is 8.92. The number of benzene rings is 2. The zero-order valence-corrected chi connectivity index (χ0v) is 16.9. The second-order valence-electron chi connectivity index (χ2n) is 8.22. The minimum absolute atomic E-state index is 0.0724. The minimum Gasteiger partial charge on any atom is -0.256 e. The van der Waals surface area contributed by atoms with E-state index < -0.39 is 8.07 Å². The Labute approximate surface area is 152 Å². The van der Waals surface area contributed by atoms with Crippen molar-refractivity contribution in [3.05, 3.63) is 84.1 Å². The molecule has 0 fully saturated rings. The Morgan fingerprint density at radius 1 is 0.760 bits per heavy atom. The molecule has 2 aromatic carbocycles. The predicted octanol–water partition coefficient (Wildman–Crippen LogP) is 5.62. The van der Waals surface area contributed by atoms with Crippen molar-refractivity contribution in [3.8, 4) is 11.3 Å². The summed E-state index contributed by atoms with van der Waals surface area (Å²) in [6, 6.07) is 23.8. The Morgan fingerprint density at radius 2 is 1.40 bits per heavy atom. The van der Waals surface area contributed by atoms with Crippen LogP contribution in [0.3, 0.4) is 0 Å². The number of nitrogens with zero attached hydrogens (tertiary/aromatic N) is 1. The van der Waals surface area contributed by atoms with E-state index in [0.29, 0.717) is 0 Å². The van der Waals surface area contributed by atoms with Crippen molar-refractivity contribution in [1.29, 1.82) is 0 Å². The predicted molar refractivity (Wildman–Crippen MR) is 111 cm³/mol. The average molecular weight is 346 g/mol. The molecule has 3 rings (SSSR count). The SMILES string of the molecule is CC(C)(c1ccccc1)c1ccccc1-c1ccc([Si](C)(C)C)cn1. The van der Waals surface area contributed by atoms with E-state index in [9.17, 15) is 0 Å². The molecule has 2 heteroatoms. The Balaban J connectivity index is 2.08. The highest BCUT2D eigenvalue weighted by Crippen LogP contribution is 2.37. The zero-order valence-electron chi connectivity index (χ0n) is 15.9. The standard InChI is InChI=1S/C23H27NSi/c1-23(2,18-11-7-6-8-12-18)21-14-10-9-13-20(21)22-16-15-19(17-24-22)25(3,4)5/h6-17H,1-5H3. The van der Waals surface area contributed by atoms with Crippen LogP contribution in [0.4, 0.5) is 0 Å². The third kappa shape index (κ3) is 3.59. The van der Waals surface area contributed by atoms with E-state index in [1.54, 1.807) is 0 Å². The molecule has 0 saturated carbocycles. The lowest BCUT2D eigenvalue weighted by atomic mass is 9.75. The van der Waals surface area contributed by atoms with Crippen LogP contribution in [0.2, 0.25) is 19.6 Å². The lowest BCUT2D eigenvalue weighted by Gasteiger charge is -2.28. The summed E-state index contributed by atoms with van der Waals surface area (Å²) in [5.41, 5.74) is 4.84. The molecule has 0 radical (unpaired) electrons. The van der Waals surface area contributed by atoms with Crippen LogP contribution in [0.5, 0.6) is 0 Å². The lowest BCUT2D eigenvalue weighted by Crippen LogP contribution is -2.37. The van der Waals surface area contributed by atoms with Crippen LogP contribution in [-0.2, 0) is 5.41 Å². The summed E-state index contributed by atoms with van der Waals surface area (Å²) in [6.45, 7) is 11.7. The number of pyridine rings is 1. The molecule has 0 atom stereocenters. The Bertz CT molecular complexity index is 843. The summed E-state index contributed by atoms with van der Waals surface area (Å²) in [6.07, 6.45) is 2.08. The molecular formula is C23H27NSi. The van der Waals surface area contributed by atoms with E-state index in [2.05, 4.69) is 106 Å². The number of hydrogen-bond donors (Lipinski definition) is 0. The zero-order chi connectivity index (χ0) is 18.1. The highest BCUT2D eigenvalue weighted by molar-refractivity contribution is 6.88. The number of aromatic nitrogens is 1. The molecule has 25 heavy (non-hydrogen) atoms. The van der Waals surface area contributed by atoms with E-state index in [1.807, 2.05) is 0 Å². The van der Waals surface area contributed by atoms with Crippen molar-refractivity contribution in [2.75, 3.05) is 0 Å². The van der Waals surface area contributed by atoms with Gasteiger partial charge in [-0.1, -0.05) is 94.2 Å². The molecule has 128 valence electrons. The molecule has 0 saturated heterocycles. The molecule has 0 aliphatic heterocycles. The van der Waals surface area contributed by atoms with Crippen LogP contribution >= 0.6 is 0 Å². The maximum absolute atomic E-state index is 4.82. The van der Waals surface area contributed by atoms with Gasteiger partial charge in [0.25, 0.3) is 0 Å². The molecule has 3 aromatic rings. The van der Waals surface area contributed by atoms with Gasteiger partial charge in [0.15, 0.2) is 0 Å². The third-order valence-corrected chi connectivity index (χ3v) is 7.03. The van der Waals surface area contributed by atoms with E-state index in [1.165, 1.54) is 21.9 Å². The molecule has 1 nitrogen and oxygen atoms in total. The Morgan fingerprint density at radius 3 is 2.00 bits per heavy atom. The van der Waals surface area contributed by atoms with Crippen LogP contribution in [0.1, 0.15) is 25.0 Å². The van der Waals surface area contributed by atoms with Crippen LogP contribution in [0.25, 0.3) is 11.3 Å². The van der Waals surface area contributed by atoms with Crippen molar-refractivity contribution in [2.45, 2.75) is 38.9 Å².